The fourth-order valence-electron chi connectivity index (χ4n) is 2.87. The number of rotatable bonds is 6. The number of nitriles is 1. The molecule has 0 heterocycles. The zero-order valence-electron chi connectivity index (χ0n) is 14.8. The van der Waals surface area contributed by atoms with Gasteiger partial charge in [-0.3, -0.25) is 14.4 Å². The van der Waals surface area contributed by atoms with Gasteiger partial charge in [0.1, 0.15) is 6.54 Å². The van der Waals surface area contributed by atoms with Gasteiger partial charge in [0.15, 0.2) is 6.10 Å². The van der Waals surface area contributed by atoms with Crippen LogP contribution in [-0.2, 0) is 19.1 Å². The lowest BCUT2D eigenvalue weighted by molar-refractivity contribution is -0.153. The van der Waals surface area contributed by atoms with E-state index in [-0.39, 0.29) is 18.4 Å². The first-order valence-corrected chi connectivity index (χ1v) is 8.78. The summed E-state index contributed by atoms with van der Waals surface area (Å²) in [5.41, 5.74) is 0.862. The lowest BCUT2D eigenvalue weighted by Crippen LogP contribution is -2.38. The van der Waals surface area contributed by atoms with Gasteiger partial charge in [0, 0.05) is 11.6 Å². The summed E-state index contributed by atoms with van der Waals surface area (Å²) in [7, 11) is 0. The van der Waals surface area contributed by atoms with Crippen LogP contribution in [0.25, 0.3) is 0 Å². The van der Waals surface area contributed by atoms with Gasteiger partial charge in [-0.25, -0.2) is 0 Å². The summed E-state index contributed by atoms with van der Waals surface area (Å²) < 4.78 is 5.05. The second kappa shape index (κ2) is 9.56. The number of amides is 2. The molecular formula is C19H23N3O4. The van der Waals surface area contributed by atoms with Crippen molar-refractivity contribution in [2.45, 2.75) is 45.1 Å². The normalized spacial score (nSPS) is 15.4. The fraction of sp³-hybridized carbons (Fsp3) is 0.474. The quantitative estimate of drug-likeness (QED) is 0.758. The van der Waals surface area contributed by atoms with Crippen LogP contribution in [-0.4, -0.2) is 30.4 Å². The molecule has 1 saturated carbocycles. The van der Waals surface area contributed by atoms with Crippen LogP contribution < -0.4 is 10.6 Å². The number of esters is 1. The lowest BCUT2D eigenvalue weighted by Gasteiger charge is -2.20. The number of carbonyl (C=O) groups excluding carboxylic acids is 3. The average molecular weight is 357 g/mol. The van der Waals surface area contributed by atoms with Gasteiger partial charge in [0.05, 0.1) is 11.6 Å². The molecule has 1 atom stereocenters. The van der Waals surface area contributed by atoms with E-state index in [1.165, 1.54) is 13.0 Å². The Morgan fingerprint density at radius 3 is 2.69 bits per heavy atom. The number of nitrogens with one attached hydrogen (secondary N) is 2. The Balaban J connectivity index is 1.75. The maximum atomic E-state index is 12.1. The summed E-state index contributed by atoms with van der Waals surface area (Å²) in [6, 6.07) is 8.40. The van der Waals surface area contributed by atoms with Crippen LogP contribution in [0.4, 0.5) is 5.69 Å². The van der Waals surface area contributed by atoms with Crippen LogP contribution >= 0.6 is 0 Å². The molecule has 138 valence electrons. The van der Waals surface area contributed by atoms with Crippen LogP contribution in [0.3, 0.4) is 0 Å². The van der Waals surface area contributed by atoms with Crippen molar-refractivity contribution < 1.29 is 19.1 Å². The SMILES string of the molecule is C[C@@H](OC(=O)CNC(=O)C1CCCCC1)C(=O)Nc1cccc(C#N)c1. The lowest BCUT2D eigenvalue weighted by atomic mass is 9.89. The molecule has 0 bridgehead atoms. The first-order valence-electron chi connectivity index (χ1n) is 8.78. The molecule has 1 aromatic carbocycles. The van der Waals surface area contributed by atoms with Crippen molar-refractivity contribution in [3.8, 4) is 6.07 Å². The molecule has 2 amide bonds. The van der Waals surface area contributed by atoms with Crippen molar-refractivity contribution in [1.82, 2.24) is 5.32 Å². The Morgan fingerprint density at radius 1 is 1.27 bits per heavy atom. The summed E-state index contributed by atoms with van der Waals surface area (Å²) in [6.45, 7) is 1.20. The van der Waals surface area contributed by atoms with E-state index in [1.54, 1.807) is 18.2 Å². The fourth-order valence-corrected chi connectivity index (χ4v) is 2.87. The number of hydrogen-bond acceptors (Lipinski definition) is 5. The van der Waals surface area contributed by atoms with Gasteiger partial charge < -0.3 is 15.4 Å². The molecule has 0 aromatic heterocycles. The van der Waals surface area contributed by atoms with Crippen molar-refractivity contribution in [3.05, 3.63) is 29.8 Å². The van der Waals surface area contributed by atoms with Gasteiger partial charge in [-0.05, 0) is 38.0 Å². The predicted molar refractivity (Wildman–Crippen MR) is 94.9 cm³/mol. The maximum Gasteiger partial charge on any atom is 0.326 e. The van der Waals surface area contributed by atoms with Crippen LogP contribution in [0, 0.1) is 17.2 Å². The Hall–Kier alpha value is -2.88. The zero-order chi connectivity index (χ0) is 18.9. The molecule has 7 nitrogen and oxygen atoms in total. The second-order valence-corrected chi connectivity index (χ2v) is 6.37. The van der Waals surface area contributed by atoms with E-state index in [1.807, 2.05) is 6.07 Å². The number of benzene rings is 1. The third kappa shape index (κ3) is 5.88. The van der Waals surface area contributed by atoms with Crippen molar-refractivity contribution in [2.24, 2.45) is 5.92 Å². The van der Waals surface area contributed by atoms with Crippen molar-refractivity contribution in [2.75, 3.05) is 11.9 Å². The first kappa shape index (κ1) is 19.4. The van der Waals surface area contributed by atoms with Gasteiger partial charge in [-0.2, -0.15) is 5.26 Å². The number of anilines is 1. The van der Waals surface area contributed by atoms with E-state index >= 15 is 0 Å². The Bertz CT molecular complexity index is 705. The molecule has 2 N–H and O–H groups in total. The highest BCUT2D eigenvalue weighted by Crippen LogP contribution is 2.23. The standard InChI is InChI=1S/C19H23N3O4/c1-13(18(24)22-16-9-5-6-14(10-16)11-20)26-17(23)12-21-19(25)15-7-3-2-4-8-15/h5-6,9-10,13,15H,2-4,7-8,12H2,1H3,(H,21,25)(H,22,24)/t13-/m1/s1. The van der Waals surface area contributed by atoms with E-state index in [0.717, 1.165) is 32.1 Å². The molecule has 26 heavy (non-hydrogen) atoms. The van der Waals surface area contributed by atoms with Gasteiger partial charge in [0.25, 0.3) is 5.91 Å². The van der Waals surface area contributed by atoms with Crippen LogP contribution in [0.15, 0.2) is 24.3 Å². The smallest absolute Gasteiger partial charge is 0.326 e. The molecule has 2 rings (SSSR count). The average Bonchev–Trinajstić information content (AvgIpc) is 2.66. The zero-order valence-corrected chi connectivity index (χ0v) is 14.8. The molecule has 0 saturated heterocycles. The van der Waals surface area contributed by atoms with Crippen molar-refractivity contribution in [1.29, 1.82) is 5.26 Å². The van der Waals surface area contributed by atoms with Gasteiger partial charge in [0.2, 0.25) is 5.91 Å². The highest BCUT2D eigenvalue weighted by atomic mass is 16.5. The number of carbonyl (C=O) groups is 3. The highest BCUT2D eigenvalue weighted by Gasteiger charge is 2.23. The van der Waals surface area contributed by atoms with E-state index in [4.69, 9.17) is 10.00 Å². The van der Waals surface area contributed by atoms with Gasteiger partial charge >= 0.3 is 5.97 Å². The number of ether oxygens (including phenoxy) is 1. The van der Waals surface area contributed by atoms with E-state index in [0.29, 0.717) is 11.3 Å². The monoisotopic (exact) mass is 357 g/mol. The van der Waals surface area contributed by atoms with Crippen molar-refractivity contribution in [3.63, 3.8) is 0 Å². The minimum Gasteiger partial charge on any atom is -0.451 e. The van der Waals surface area contributed by atoms with E-state index in [2.05, 4.69) is 10.6 Å². The molecule has 0 spiro atoms. The summed E-state index contributed by atoms with van der Waals surface area (Å²) >= 11 is 0. The summed E-state index contributed by atoms with van der Waals surface area (Å²) in [4.78, 5) is 35.9. The summed E-state index contributed by atoms with van der Waals surface area (Å²) in [6.07, 6.45) is 3.90. The molecule has 1 aliphatic rings. The molecule has 1 fully saturated rings. The highest BCUT2D eigenvalue weighted by molar-refractivity contribution is 5.95. The summed E-state index contributed by atoms with van der Waals surface area (Å²) in [5.74, 6) is -1.34. The molecular weight excluding hydrogens is 334 g/mol. The van der Waals surface area contributed by atoms with Crippen LogP contribution in [0.5, 0.6) is 0 Å². The predicted octanol–water partition coefficient (Wildman–Crippen LogP) is 2.12. The summed E-state index contributed by atoms with van der Waals surface area (Å²) in [5, 5.41) is 14.0. The third-order valence-corrected chi connectivity index (χ3v) is 4.32. The van der Waals surface area contributed by atoms with Gasteiger partial charge in [-0.15, -0.1) is 0 Å². The van der Waals surface area contributed by atoms with Crippen molar-refractivity contribution >= 4 is 23.5 Å². The van der Waals surface area contributed by atoms with E-state index in [9.17, 15) is 14.4 Å². The molecule has 1 aromatic rings. The molecule has 0 aliphatic heterocycles. The third-order valence-electron chi connectivity index (χ3n) is 4.32. The minimum atomic E-state index is -1.01. The van der Waals surface area contributed by atoms with Crippen LogP contribution in [0.1, 0.15) is 44.6 Å². The second-order valence-electron chi connectivity index (χ2n) is 6.37. The number of hydrogen-bond donors (Lipinski definition) is 2. The number of nitrogens with zero attached hydrogens (tertiary/aromatic N) is 1. The Labute approximate surface area is 152 Å². The Kier molecular flexibility index (Phi) is 7.15. The van der Waals surface area contributed by atoms with Crippen LogP contribution in [0.2, 0.25) is 0 Å². The van der Waals surface area contributed by atoms with E-state index < -0.39 is 18.0 Å². The van der Waals surface area contributed by atoms with Gasteiger partial charge in [-0.1, -0.05) is 25.3 Å². The molecule has 0 radical (unpaired) electrons. The Morgan fingerprint density at radius 2 is 2.00 bits per heavy atom. The largest absolute Gasteiger partial charge is 0.451 e. The topological polar surface area (TPSA) is 108 Å². The molecule has 1 aliphatic carbocycles. The molecule has 0 unspecified atom stereocenters. The maximum absolute atomic E-state index is 12.1. The first-order chi connectivity index (χ1) is 12.5. The minimum absolute atomic E-state index is 0.0373. The molecule has 7 heteroatoms.